The Balaban J connectivity index is 2.05. The number of nitrogens with one attached hydrogen (secondary N) is 1. The van der Waals surface area contributed by atoms with Crippen molar-refractivity contribution < 1.29 is 0 Å². The van der Waals surface area contributed by atoms with Crippen LogP contribution in [-0.4, -0.2) is 26.7 Å². The van der Waals surface area contributed by atoms with E-state index in [4.69, 9.17) is 11.6 Å². The first-order valence-corrected chi connectivity index (χ1v) is 6.72. The van der Waals surface area contributed by atoms with Gasteiger partial charge in [-0.2, -0.15) is 0 Å². The van der Waals surface area contributed by atoms with Crippen LogP contribution in [0, 0.1) is 5.92 Å². The smallest absolute Gasteiger partial charge is 0.0568 e. The molecule has 1 aromatic carbocycles. The molecule has 1 aliphatic heterocycles. The van der Waals surface area contributed by atoms with E-state index in [0.29, 0.717) is 0 Å². The van der Waals surface area contributed by atoms with E-state index in [-0.39, 0.29) is 0 Å². The summed E-state index contributed by atoms with van der Waals surface area (Å²) in [5.74, 6) is 0.757. The van der Waals surface area contributed by atoms with Crippen molar-refractivity contribution in [3.63, 3.8) is 0 Å². The molecule has 2 rings (SSSR count). The zero-order valence-electron chi connectivity index (χ0n) is 9.34. The van der Waals surface area contributed by atoms with Crippen LogP contribution in [0.2, 0.25) is 5.02 Å². The van der Waals surface area contributed by atoms with Crippen LogP contribution >= 0.6 is 27.5 Å². The molecule has 88 valence electrons. The maximum Gasteiger partial charge on any atom is 0.0568 e. The Bertz CT molecular complexity index is 370. The molecule has 1 unspecified atom stereocenters. The van der Waals surface area contributed by atoms with Gasteiger partial charge in [0.15, 0.2) is 0 Å². The molecule has 4 heteroatoms. The highest BCUT2D eigenvalue weighted by Crippen LogP contribution is 2.30. The minimum Gasteiger partial charge on any atom is -0.371 e. The minimum absolute atomic E-state index is 0.757. The number of benzene rings is 1. The molecule has 0 saturated carbocycles. The Morgan fingerprint density at radius 1 is 1.56 bits per heavy atom. The highest BCUT2D eigenvalue weighted by Gasteiger charge is 2.22. The third-order valence-corrected chi connectivity index (χ3v) is 4.28. The zero-order chi connectivity index (χ0) is 11.5. The molecule has 1 aromatic rings. The lowest BCUT2D eigenvalue weighted by Crippen LogP contribution is -2.24. The monoisotopic (exact) mass is 302 g/mol. The van der Waals surface area contributed by atoms with Crippen molar-refractivity contribution in [2.45, 2.75) is 6.42 Å². The van der Waals surface area contributed by atoms with E-state index >= 15 is 0 Å². The van der Waals surface area contributed by atoms with Crippen molar-refractivity contribution in [1.29, 1.82) is 0 Å². The molecule has 1 N–H and O–H groups in total. The molecule has 0 amide bonds. The van der Waals surface area contributed by atoms with Crippen LogP contribution in [0.5, 0.6) is 0 Å². The maximum atomic E-state index is 6.10. The van der Waals surface area contributed by atoms with Gasteiger partial charge in [-0.1, -0.05) is 11.6 Å². The molecular weight excluding hydrogens is 288 g/mol. The SMILES string of the molecule is CNCC1CCN(c2ccc(Br)c(Cl)c2)C1. The second kappa shape index (κ2) is 5.39. The highest BCUT2D eigenvalue weighted by atomic mass is 79.9. The fourth-order valence-electron chi connectivity index (χ4n) is 2.20. The van der Waals surface area contributed by atoms with E-state index in [1.54, 1.807) is 0 Å². The van der Waals surface area contributed by atoms with E-state index in [1.807, 2.05) is 19.2 Å². The van der Waals surface area contributed by atoms with Crippen LogP contribution in [0.4, 0.5) is 5.69 Å². The summed E-state index contributed by atoms with van der Waals surface area (Å²) in [5.41, 5.74) is 1.23. The van der Waals surface area contributed by atoms with Gasteiger partial charge in [-0.15, -0.1) is 0 Å². The van der Waals surface area contributed by atoms with Gasteiger partial charge in [0.2, 0.25) is 0 Å². The van der Waals surface area contributed by atoms with Crippen molar-refractivity contribution in [3.05, 3.63) is 27.7 Å². The molecule has 0 aromatic heterocycles. The molecule has 1 fully saturated rings. The van der Waals surface area contributed by atoms with E-state index < -0.39 is 0 Å². The first kappa shape index (κ1) is 12.2. The molecule has 0 aliphatic carbocycles. The largest absolute Gasteiger partial charge is 0.371 e. The lowest BCUT2D eigenvalue weighted by Gasteiger charge is -2.19. The van der Waals surface area contributed by atoms with E-state index in [9.17, 15) is 0 Å². The number of anilines is 1. The van der Waals surface area contributed by atoms with Gasteiger partial charge in [-0.05, 0) is 60.1 Å². The first-order chi connectivity index (χ1) is 7.70. The molecule has 2 nitrogen and oxygen atoms in total. The maximum absolute atomic E-state index is 6.10. The topological polar surface area (TPSA) is 15.3 Å². The third kappa shape index (κ3) is 2.70. The van der Waals surface area contributed by atoms with Crippen molar-refractivity contribution >= 4 is 33.2 Å². The molecule has 1 atom stereocenters. The number of nitrogens with zero attached hydrogens (tertiary/aromatic N) is 1. The number of hydrogen-bond donors (Lipinski definition) is 1. The van der Waals surface area contributed by atoms with E-state index in [2.05, 4.69) is 32.2 Å². The predicted octanol–water partition coefficient (Wildman–Crippen LogP) is 3.15. The summed E-state index contributed by atoms with van der Waals surface area (Å²) in [7, 11) is 2.01. The average molecular weight is 304 g/mol. The van der Waals surface area contributed by atoms with Gasteiger partial charge in [0.1, 0.15) is 0 Å². The minimum atomic E-state index is 0.757. The average Bonchev–Trinajstić information content (AvgIpc) is 2.71. The normalized spacial score (nSPS) is 20.4. The molecule has 1 heterocycles. The quantitative estimate of drug-likeness (QED) is 0.923. The molecular formula is C12H16BrClN2. The third-order valence-electron chi connectivity index (χ3n) is 3.05. The lowest BCUT2D eigenvalue weighted by molar-refractivity contribution is 0.549. The molecule has 1 aliphatic rings. The van der Waals surface area contributed by atoms with Gasteiger partial charge in [0, 0.05) is 23.2 Å². The highest BCUT2D eigenvalue weighted by molar-refractivity contribution is 9.10. The van der Waals surface area contributed by atoms with Gasteiger partial charge in [-0.25, -0.2) is 0 Å². The van der Waals surface area contributed by atoms with Crippen molar-refractivity contribution in [2.24, 2.45) is 5.92 Å². The molecule has 0 radical (unpaired) electrons. The molecule has 0 bridgehead atoms. The van der Waals surface area contributed by atoms with Crippen LogP contribution in [0.1, 0.15) is 6.42 Å². The van der Waals surface area contributed by atoms with Crippen LogP contribution in [0.25, 0.3) is 0 Å². The zero-order valence-corrected chi connectivity index (χ0v) is 11.7. The summed E-state index contributed by atoms with van der Waals surface area (Å²) in [6, 6.07) is 6.17. The fourth-order valence-corrected chi connectivity index (χ4v) is 2.63. The van der Waals surface area contributed by atoms with Gasteiger partial charge in [0.05, 0.1) is 5.02 Å². The Labute approximate surface area is 110 Å². The van der Waals surface area contributed by atoms with Crippen LogP contribution in [-0.2, 0) is 0 Å². The number of rotatable bonds is 3. The first-order valence-electron chi connectivity index (χ1n) is 5.55. The summed E-state index contributed by atoms with van der Waals surface area (Å²) in [5, 5.41) is 4.03. The summed E-state index contributed by atoms with van der Waals surface area (Å²) in [6.45, 7) is 3.35. The Morgan fingerprint density at radius 2 is 2.38 bits per heavy atom. The lowest BCUT2D eigenvalue weighted by atomic mass is 10.1. The molecule has 0 spiro atoms. The standard InChI is InChI=1S/C12H16BrClN2/c1-15-7-9-4-5-16(8-9)10-2-3-11(13)12(14)6-10/h2-3,6,9,15H,4-5,7-8H2,1H3. The second-order valence-corrected chi connectivity index (χ2v) is 5.52. The van der Waals surface area contributed by atoms with Crippen molar-refractivity contribution in [2.75, 3.05) is 31.6 Å². The van der Waals surface area contributed by atoms with Gasteiger partial charge >= 0.3 is 0 Å². The summed E-state index contributed by atoms with van der Waals surface area (Å²) >= 11 is 9.52. The summed E-state index contributed by atoms with van der Waals surface area (Å²) in [6.07, 6.45) is 1.26. The summed E-state index contributed by atoms with van der Waals surface area (Å²) < 4.78 is 0.962. The fraction of sp³-hybridized carbons (Fsp3) is 0.500. The Morgan fingerprint density at radius 3 is 3.06 bits per heavy atom. The number of halogens is 2. The van der Waals surface area contributed by atoms with E-state index in [0.717, 1.165) is 35.0 Å². The Hall–Kier alpha value is -0.250. The van der Waals surface area contributed by atoms with Gasteiger partial charge in [-0.3, -0.25) is 0 Å². The van der Waals surface area contributed by atoms with Crippen molar-refractivity contribution in [1.82, 2.24) is 5.32 Å². The van der Waals surface area contributed by atoms with Crippen molar-refractivity contribution in [3.8, 4) is 0 Å². The van der Waals surface area contributed by atoms with Crippen LogP contribution < -0.4 is 10.2 Å². The van der Waals surface area contributed by atoms with Gasteiger partial charge < -0.3 is 10.2 Å². The van der Waals surface area contributed by atoms with Crippen LogP contribution in [0.3, 0.4) is 0 Å². The van der Waals surface area contributed by atoms with Gasteiger partial charge in [0.25, 0.3) is 0 Å². The number of hydrogen-bond acceptors (Lipinski definition) is 2. The molecule has 1 saturated heterocycles. The second-order valence-electron chi connectivity index (χ2n) is 4.26. The predicted molar refractivity (Wildman–Crippen MR) is 73.4 cm³/mol. The van der Waals surface area contributed by atoms with Crippen LogP contribution in [0.15, 0.2) is 22.7 Å². The Kier molecular flexibility index (Phi) is 4.11. The summed E-state index contributed by atoms with van der Waals surface area (Å²) in [4.78, 5) is 2.40. The molecule has 16 heavy (non-hydrogen) atoms. The van der Waals surface area contributed by atoms with E-state index in [1.165, 1.54) is 12.1 Å².